The first-order valence-electron chi connectivity index (χ1n) is 7.25. The first kappa shape index (κ1) is 16.0. The minimum Gasteiger partial charge on any atom is -0.497 e. The zero-order valence-electron chi connectivity index (χ0n) is 12.6. The van der Waals surface area contributed by atoms with E-state index in [0.29, 0.717) is 12.6 Å². The van der Waals surface area contributed by atoms with Crippen molar-refractivity contribution in [3.05, 3.63) is 52.2 Å². The number of thiophene rings is 1. The smallest absolute Gasteiger partial charge is 0.118 e. The van der Waals surface area contributed by atoms with Crippen LogP contribution in [0.5, 0.6) is 5.75 Å². The topological polar surface area (TPSA) is 41.5 Å². The summed E-state index contributed by atoms with van der Waals surface area (Å²) in [7, 11) is 1.68. The number of ether oxygens (including phenoxy) is 1. The van der Waals surface area contributed by atoms with Crippen LogP contribution in [0.1, 0.15) is 30.6 Å². The molecular weight excluding hydrogens is 282 g/mol. The van der Waals surface area contributed by atoms with E-state index in [9.17, 15) is 5.11 Å². The van der Waals surface area contributed by atoms with Crippen LogP contribution in [0.2, 0.25) is 0 Å². The monoisotopic (exact) mass is 305 g/mol. The van der Waals surface area contributed by atoms with Gasteiger partial charge in [-0.2, -0.15) is 11.3 Å². The fourth-order valence-electron chi connectivity index (χ4n) is 2.17. The first-order chi connectivity index (χ1) is 10.2. The molecular formula is C17H23NO2S. The number of hydrogen-bond acceptors (Lipinski definition) is 4. The van der Waals surface area contributed by atoms with Crippen molar-refractivity contribution in [3.8, 4) is 5.75 Å². The number of hydrogen-bond donors (Lipinski definition) is 2. The molecule has 1 aromatic carbocycles. The summed E-state index contributed by atoms with van der Waals surface area (Å²) in [6, 6.07) is 10.5. The van der Waals surface area contributed by atoms with Crippen molar-refractivity contribution < 1.29 is 9.84 Å². The average molecular weight is 305 g/mol. The van der Waals surface area contributed by atoms with Gasteiger partial charge in [0.2, 0.25) is 0 Å². The second-order valence-corrected chi connectivity index (χ2v) is 6.05. The van der Waals surface area contributed by atoms with Crippen molar-refractivity contribution in [3.63, 3.8) is 0 Å². The number of methoxy groups -OCH3 is 1. The molecule has 0 fully saturated rings. The molecule has 0 aliphatic rings. The molecule has 2 N–H and O–H groups in total. The maximum Gasteiger partial charge on any atom is 0.118 e. The maximum atomic E-state index is 10.0. The summed E-state index contributed by atoms with van der Waals surface area (Å²) in [5.74, 6) is 0.892. The van der Waals surface area contributed by atoms with Gasteiger partial charge in [-0.15, -0.1) is 0 Å². The highest BCUT2D eigenvalue weighted by Crippen LogP contribution is 2.16. The van der Waals surface area contributed by atoms with Crippen molar-refractivity contribution >= 4 is 11.3 Å². The van der Waals surface area contributed by atoms with E-state index in [1.165, 1.54) is 5.56 Å². The molecule has 21 heavy (non-hydrogen) atoms. The molecule has 0 aliphatic heterocycles. The molecule has 0 radical (unpaired) electrons. The van der Waals surface area contributed by atoms with Gasteiger partial charge in [0.25, 0.3) is 0 Å². The van der Waals surface area contributed by atoms with Crippen molar-refractivity contribution in [2.75, 3.05) is 13.7 Å². The van der Waals surface area contributed by atoms with Crippen LogP contribution in [0.25, 0.3) is 0 Å². The van der Waals surface area contributed by atoms with E-state index in [-0.39, 0.29) is 0 Å². The van der Waals surface area contributed by atoms with Gasteiger partial charge in [0.05, 0.1) is 13.2 Å². The fourth-order valence-corrected chi connectivity index (χ4v) is 2.88. The zero-order chi connectivity index (χ0) is 15.1. The summed E-state index contributed by atoms with van der Waals surface area (Å²) in [6.45, 7) is 2.75. The van der Waals surface area contributed by atoms with Gasteiger partial charge in [0, 0.05) is 12.6 Å². The van der Waals surface area contributed by atoms with E-state index in [0.717, 1.165) is 24.2 Å². The third-order valence-corrected chi connectivity index (χ3v) is 4.31. The second kappa shape index (κ2) is 8.17. The molecule has 1 heterocycles. The number of aliphatic hydroxyl groups excluding tert-OH is 1. The Bertz CT molecular complexity index is 510. The molecule has 0 spiro atoms. The molecule has 2 aromatic rings. The Morgan fingerprint density at radius 3 is 2.62 bits per heavy atom. The van der Waals surface area contributed by atoms with Gasteiger partial charge >= 0.3 is 0 Å². The van der Waals surface area contributed by atoms with Gasteiger partial charge in [-0.1, -0.05) is 12.1 Å². The van der Waals surface area contributed by atoms with Crippen molar-refractivity contribution in [1.29, 1.82) is 0 Å². The Kier molecular flexibility index (Phi) is 6.23. The molecule has 4 heteroatoms. The predicted octanol–water partition coefficient (Wildman–Crippen LogP) is 3.40. The number of nitrogens with one attached hydrogen (secondary N) is 1. The summed E-state index contributed by atoms with van der Waals surface area (Å²) < 4.78 is 5.16. The summed E-state index contributed by atoms with van der Waals surface area (Å²) in [6.07, 6.45) is 1.65. The molecule has 114 valence electrons. The number of rotatable bonds is 8. The normalized spacial score (nSPS) is 13.9. The van der Waals surface area contributed by atoms with Crippen LogP contribution in [0, 0.1) is 0 Å². The van der Waals surface area contributed by atoms with E-state index in [1.807, 2.05) is 29.0 Å². The number of benzene rings is 1. The zero-order valence-corrected chi connectivity index (χ0v) is 13.4. The Hall–Kier alpha value is -1.36. The van der Waals surface area contributed by atoms with Crippen LogP contribution in [-0.2, 0) is 6.42 Å². The van der Waals surface area contributed by atoms with Crippen molar-refractivity contribution in [1.82, 2.24) is 5.32 Å². The summed E-state index contributed by atoms with van der Waals surface area (Å²) >= 11 is 1.61. The molecule has 1 aromatic heterocycles. The lowest BCUT2D eigenvalue weighted by atomic mass is 10.1. The average Bonchev–Trinajstić information content (AvgIpc) is 3.05. The van der Waals surface area contributed by atoms with E-state index in [4.69, 9.17) is 4.74 Å². The minimum absolute atomic E-state index is 0.375. The van der Waals surface area contributed by atoms with Crippen LogP contribution in [0.4, 0.5) is 0 Å². The Labute approximate surface area is 130 Å². The van der Waals surface area contributed by atoms with Crippen LogP contribution in [0.3, 0.4) is 0 Å². The number of aryl methyl sites for hydroxylation is 1. The summed E-state index contributed by atoms with van der Waals surface area (Å²) in [4.78, 5) is 0. The Balaban J connectivity index is 1.70. The van der Waals surface area contributed by atoms with Crippen molar-refractivity contribution in [2.24, 2.45) is 0 Å². The third kappa shape index (κ3) is 5.16. The lowest BCUT2D eigenvalue weighted by Gasteiger charge is -2.16. The maximum absolute atomic E-state index is 10.0. The lowest BCUT2D eigenvalue weighted by molar-refractivity contribution is 0.170. The molecule has 2 atom stereocenters. The van der Waals surface area contributed by atoms with Gasteiger partial charge in [-0.05, 0) is 59.9 Å². The Morgan fingerprint density at radius 1 is 1.24 bits per heavy atom. The molecule has 2 unspecified atom stereocenters. The van der Waals surface area contributed by atoms with Gasteiger partial charge in [0.1, 0.15) is 5.75 Å². The van der Waals surface area contributed by atoms with Crippen LogP contribution >= 0.6 is 11.3 Å². The number of aliphatic hydroxyl groups is 1. The van der Waals surface area contributed by atoms with Gasteiger partial charge < -0.3 is 15.2 Å². The van der Waals surface area contributed by atoms with E-state index < -0.39 is 6.10 Å². The van der Waals surface area contributed by atoms with Gasteiger partial charge in [-0.3, -0.25) is 0 Å². The van der Waals surface area contributed by atoms with Crippen LogP contribution < -0.4 is 10.1 Å². The van der Waals surface area contributed by atoms with Crippen molar-refractivity contribution in [2.45, 2.75) is 31.9 Å². The van der Waals surface area contributed by atoms with Crippen LogP contribution in [0.15, 0.2) is 41.1 Å². The van der Waals surface area contributed by atoms with E-state index in [2.05, 4.69) is 24.4 Å². The molecule has 0 saturated heterocycles. The van der Waals surface area contributed by atoms with E-state index >= 15 is 0 Å². The molecule has 2 rings (SSSR count). The molecule has 0 aliphatic carbocycles. The van der Waals surface area contributed by atoms with Gasteiger partial charge in [0.15, 0.2) is 0 Å². The third-order valence-electron chi connectivity index (χ3n) is 3.61. The lowest BCUT2D eigenvalue weighted by Crippen LogP contribution is -2.30. The SMILES string of the molecule is COc1ccc(CCC(C)NCC(O)c2ccsc2)cc1. The first-order valence-corrected chi connectivity index (χ1v) is 8.20. The Morgan fingerprint density at radius 2 is 2.00 bits per heavy atom. The predicted molar refractivity (Wildman–Crippen MR) is 88.1 cm³/mol. The summed E-state index contributed by atoms with van der Waals surface area (Å²) in [5, 5.41) is 17.4. The largest absolute Gasteiger partial charge is 0.497 e. The molecule has 0 saturated carbocycles. The van der Waals surface area contributed by atoms with Crippen LogP contribution in [-0.4, -0.2) is 24.8 Å². The quantitative estimate of drug-likeness (QED) is 0.785. The highest BCUT2D eigenvalue weighted by Gasteiger charge is 2.09. The molecule has 0 amide bonds. The fraction of sp³-hybridized carbons (Fsp3) is 0.412. The van der Waals surface area contributed by atoms with Gasteiger partial charge in [-0.25, -0.2) is 0 Å². The van der Waals surface area contributed by atoms with E-state index in [1.54, 1.807) is 18.4 Å². The highest BCUT2D eigenvalue weighted by atomic mass is 32.1. The minimum atomic E-state index is -0.417. The molecule has 3 nitrogen and oxygen atoms in total. The highest BCUT2D eigenvalue weighted by molar-refractivity contribution is 7.07. The molecule has 0 bridgehead atoms. The standard InChI is InChI=1S/C17H23NO2S/c1-13(18-11-17(19)15-9-10-21-12-15)3-4-14-5-7-16(20-2)8-6-14/h5-10,12-13,17-19H,3-4,11H2,1-2H3. The second-order valence-electron chi connectivity index (χ2n) is 5.27. The summed E-state index contributed by atoms with van der Waals surface area (Å²) in [5.41, 5.74) is 2.30.